The van der Waals surface area contributed by atoms with Crippen molar-refractivity contribution in [3.8, 4) is 10.8 Å². The molecule has 2 heterocycles. The molecule has 0 spiro atoms. The van der Waals surface area contributed by atoms with Crippen LogP contribution in [-0.2, 0) is 6.42 Å². The first-order chi connectivity index (χ1) is 9.79. The number of nitrogens with zero attached hydrogens (tertiary/aromatic N) is 4. The summed E-state index contributed by atoms with van der Waals surface area (Å²) >= 11 is 7.60. The van der Waals surface area contributed by atoms with E-state index in [-0.39, 0.29) is 0 Å². The fraction of sp³-hybridized carbons (Fsp3) is 0.231. The molecule has 5 nitrogen and oxygen atoms in total. The van der Waals surface area contributed by atoms with E-state index >= 15 is 0 Å². The molecule has 0 amide bonds. The summed E-state index contributed by atoms with van der Waals surface area (Å²) in [4.78, 5) is 0.808. The lowest BCUT2D eigenvalue weighted by molar-refractivity contribution is 0.513. The lowest BCUT2D eigenvalue weighted by atomic mass is 10.1. The predicted octanol–water partition coefficient (Wildman–Crippen LogP) is 3.48. The van der Waals surface area contributed by atoms with Crippen molar-refractivity contribution in [2.75, 3.05) is 0 Å². The van der Waals surface area contributed by atoms with Crippen molar-refractivity contribution in [3.63, 3.8) is 0 Å². The molecule has 3 aromatic rings. The molecule has 1 aromatic carbocycles. The molecular formula is C13H11ClN4OS. The lowest BCUT2D eigenvalue weighted by Crippen LogP contribution is -1.92. The predicted molar refractivity (Wildman–Crippen MR) is 76.7 cm³/mol. The number of alkyl halides is 1. The number of aryl methyl sites for hydroxylation is 1. The molecule has 0 N–H and O–H groups in total. The second kappa shape index (κ2) is 5.68. The molecular weight excluding hydrogens is 296 g/mol. The summed E-state index contributed by atoms with van der Waals surface area (Å²) in [7, 11) is 0. The molecule has 1 unspecified atom stereocenters. The molecule has 0 radical (unpaired) electrons. The summed E-state index contributed by atoms with van der Waals surface area (Å²) in [5.74, 6) is 0.803. The molecule has 2 aromatic heterocycles. The Hall–Kier alpha value is -1.79. The quantitative estimate of drug-likeness (QED) is 0.690. The Balaban J connectivity index is 1.91. The van der Waals surface area contributed by atoms with Gasteiger partial charge in [-0.05, 0) is 23.5 Å². The van der Waals surface area contributed by atoms with Crippen molar-refractivity contribution in [2.24, 2.45) is 0 Å². The number of rotatable bonds is 4. The van der Waals surface area contributed by atoms with Crippen molar-refractivity contribution >= 4 is 23.1 Å². The highest BCUT2D eigenvalue weighted by molar-refractivity contribution is 7.09. The minimum absolute atomic E-state index is 0.378. The van der Waals surface area contributed by atoms with Crippen LogP contribution in [-0.4, -0.2) is 19.8 Å². The Kier molecular flexibility index (Phi) is 3.75. The summed E-state index contributed by atoms with van der Waals surface area (Å²) < 4.78 is 9.58. The third kappa shape index (κ3) is 2.44. The monoisotopic (exact) mass is 306 g/mol. The van der Waals surface area contributed by atoms with Crippen LogP contribution < -0.4 is 0 Å². The normalized spacial score (nSPS) is 12.5. The van der Waals surface area contributed by atoms with Gasteiger partial charge in [0.25, 0.3) is 5.89 Å². The van der Waals surface area contributed by atoms with Gasteiger partial charge in [0.15, 0.2) is 0 Å². The molecule has 0 saturated carbocycles. The van der Waals surface area contributed by atoms with Gasteiger partial charge in [-0.15, -0.1) is 26.9 Å². The van der Waals surface area contributed by atoms with E-state index < -0.39 is 5.38 Å². The smallest absolute Gasteiger partial charge is 0.261 e. The summed E-state index contributed by atoms with van der Waals surface area (Å²) in [6.07, 6.45) is 0.770. The number of benzene rings is 1. The minimum Gasteiger partial charge on any atom is -0.418 e. The SMILES string of the molecule is CCc1nnsc1-c1nnc(C(Cl)c2ccccc2)o1. The van der Waals surface area contributed by atoms with Crippen LogP contribution >= 0.6 is 23.1 Å². The zero-order valence-electron chi connectivity index (χ0n) is 10.7. The van der Waals surface area contributed by atoms with Gasteiger partial charge in [-0.2, -0.15) is 0 Å². The molecule has 0 fully saturated rings. The van der Waals surface area contributed by atoms with E-state index in [1.807, 2.05) is 37.3 Å². The van der Waals surface area contributed by atoms with E-state index in [4.69, 9.17) is 16.0 Å². The minimum atomic E-state index is -0.455. The first kappa shape index (κ1) is 13.2. The Morgan fingerprint density at radius 1 is 1.20 bits per heavy atom. The van der Waals surface area contributed by atoms with Crippen molar-refractivity contribution in [1.82, 2.24) is 19.8 Å². The maximum atomic E-state index is 6.36. The van der Waals surface area contributed by atoms with E-state index in [9.17, 15) is 0 Å². The molecule has 0 aliphatic carbocycles. The Morgan fingerprint density at radius 3 is 2.75 bits per heavy atom. The molecule has 20 heavy (non-hydrogen) atoms. The van der Waals surface area contributed by atoms with Crippen molar-refractivity contribution < 1.29 is 4.42 Å². The van der Waals surface area contributed by atoms with Gasteiger partial charge in [-0.3, -0.25) is 0 Å². The van der Waals surface area contributed by atoms with Gasteiger partial charge < -0.3 is 4.42 Å². The van der Waals surface area contributed by atoms with Crippen LogP contribution in [0.15, 0.2) is 34.7 Å². The standard InChI is InChI=1S/C13H11ClN4OS/c1-2-9-11(20-18-15-9)13-17-16-12(19-13)10(14)8-6-4-3-5-7-8/h3-7,10H,2H2,1H3. The number of halogens is 1. The number of hydrogen-bond donors (Lipinski definition) is 0. The lowest BCUT2D eigenvalue weighted by Gasteiger charge is -2.03. The highest BCUT2D eigenvalue weighted by Gasteiger charge is 2.21. The average molecular weight is 307 g/mol. The van der Waals surface area contributed by atoms with Crippen LogP contribution in [0.4, 0.5) is 0 Å². The average Bonchev–Trinajstić information content (AvgIpc) is 3.15. The summed E-state index contributed by atoms with van der Waals surface area (Å²) in [6, 6.07) is 9.62. The van der Waals surface area contributed by atoms with E-state index in [0.29, 0.717) is 11.8 Å². The van der Waals surface area contributed by atoms with E-state index in [1.165, 1.54) is 11.5 Å². The molecule has 0 aliphatic heterocycles. The Labute approximate surface area is 124 Å². The molecule has 0 aliphatic rings. The third-order valence-corrected chi connectivity index (χ3v) is 4.03. The highest BCUT2D eigenvalue weighted by atomic mass is 35.5. The fourth-order valence-corrected chi connectivity index (χ4v) is 2.70. The van der Waals surface area contributed by atoms with Gasteiger partial charge in [-0.1, -0.05) is 41.7 Å². The fourth-order valence-electron chi connectivity index (χ4n) is 1.80. The first-order valence-corrected chi connectivity index (χ1v) is 7.34. The van der Waals surface area contributed by atoms with Gasteiger partial charge >= 0.3 is 0 Å². The van der Waals surface area contributed by atoms with E-state index in [1.54, 1.807) is 0 Å². The van der Waals surface area contributed by atoms with Gasteiger partial charge in [0.05, 0.1) is 5.69 Å². The summed E-state index contributed by atoms with van der Waals surface area (Å²) in [5.41, 5.74) is 1.78. The molecule has 0 saturated heterocycles. The van der Waals surface area contributed by atoms with Crippen LogP contribution in [0.3, 0.4) is 0 Å². The number of hydrogen-bond acceptors (Lipinski definition) is 6. The highest BCUT2D eigenvalue weighted by Crippen LogP contribution is 2.31. The van der Waals surface area contributed by atoms with Crippen molar-refractivity contribution in [3.05, 3.63) is 47.5 Å². The maximum absolute atomic E-state index is 6.36. The molecule has 3 rings (SSSR count). The first-order valence-electron chi connectivity index (χ1n) is 6.13. The zero-order chi connectivity index (χ0) is 13.9. The zero-order valence-corrected chi connectivity index (χ0v) is 12.2. The molecule has 7 heteroatoms. The van der Waals surface area contributed by atoms with Gasteiger partial charge in [0.2, 0.25) is 5.89 Å². The summed E-state index contributed by atoms with van der Waals surface area (Å²) in [5, 5.41) is 11.6. The molecule has 1 atom stereocenters. The van der Waals surface area contributed by atoms with Crippen LogP contribution in [0.5, 0.6) is 0 Å². The van der Waals surface area contributed by atoms with Gasteiger partial charge in [0, 0.05) is 0 Å². The Bertz CT molecular complexity index is 697. The van der Waals surface area contributed by atoms with E-state index in [0.717, 1.165) is 22.6 Å². The maximum Gasteiger partial charge on any atom is 0.261 e. The second-order valence-corrected chi connectivity index (χ2v) is 5.31. The van der Waals surface area contributed by atoms with E-state index in [2.05, 4.69) is 19.8 Å². The molecule has 102 valence electrons. The van der Waals surface area contributed by atoms with Crippen molar-refractivity contribution in [1.29, 1.82) is 0 Å². The van der Waals surface area contributed by atoms with Crippen molar-refractivity contribution in [2.45, 2.75) is 18.7 Å². The second-order valence-electron chi connectivity index (χ2n) is 4.12. The topological polar surface area (TPSA) is 64.7 Å². The largest absolute Gasteiger partial charge is 0.418 e. The summed E-state index contributed by atoms with van der Waals surface area (Å²) in [6.45, 7) is 2.01. The van der Waals surface area contributed by atoms with Crippen LogP contribution in [0.25, 0.3) is 10.8 Å². The van der Waals surface area contributed by atoms with Crippen LogP contribution in [0, 0.1) is 0 Å². The van der Waals surface area contributed by atoms with Gasteiger partial charge in [-0.25, -0.2) is 0 Å². The van der Waals surface area contributed by atoms with Crippen LogP contribution in [0.1, 0.15) is 29.4 Å². The Morgan fingerprint density at radius 2 is 2.00 bits per heavy atom. The van der Waals surface area contributed by atoms with Crippen LogP contribution in [0.2, 0.25) is 0 Å². The molecule has 0 bridgehead atoms. The third-order valence-electron chi connectivity index (χ3n) is 2.83. The van der Waals surface area contributed by atoms with Gasteiger partial charge in [0.1, 0.15) is 10.3 Å². The number of aromatic nitrogens is 4.